The lowest BCUT2D eigenvalue weighted by Gasteiger charge is -2.08. The number of halogens is 1. The van der Waals surface area contributed by atoms with Crippen LogP contribution < -0.4 is 9.44 Å². The summed E-state index contributed by atoms with van der Waals surface area (Å²) in [6.45, 7) is 0. The molecule has 0 atom stereocenters. The van der Waals surface area contributed by atoms with Crippen molar-refractivity contribution in [2.45, 2.75) is 9.79 Å². The van der Waals surface area contributed by atoms with Gasteiger partial charge in [-0.1, -0.05) is 0 Å². The molecule has 0 aliphatic rings. The fourth-order valence-electron chi connectivity index (χ4n) is 1.08. The van der Waals surface area contributed by atoms with E-state index in [1.807, 2.05) is 0 Å². The zero-order valence-corrected chi connectivity index (χ0v) is 12.3. The molecule has 0 bridgehead atoms. The lowest BCUT2D eigenvalue weighted by atomic mass is 10.4. The van der Waals surface area contributed by atoms with Gasteiger partial charge in [0.1, 0.15) is 0 Å². The monoisotopic (exact) mass is 342 g/mol. The van der Waals surface area contributed by atoms with Crippen LogP contribution in [0.2, 0.25) is 0 Å². The van der Waals surface area contributed by atoms with Gasteiger partial charge in [0.2, 0.25) is 20.0 Å². The summed E-state index contributed by atoms with van der Waals surface area (Å²) < 4.78 is 50.9. The van der Waals surface area contributed by atoms with Crippen molar-refractivity contribution < 1.29 is 16.8 Å². The third kappa shape index (κ3) is 3.05. The van der Waals surface area contributed by atoms with Crippen LogP contribution in [0.1, 0.15) is 0 Å². The number of rotatable bonds is 4. The zero-order chi connectivity index (χ0) is 13.3. The van der Waals surface area contributed by atoms with Crippen molar-refractivity contribution in [3.05, 3.63) is 22.7 Å². The minimum absolute atomic E-state index is 0.114. The Kier molecular flexibility index (Phi) is 4.31. The SMILES string of the molecule is CNS(=O)(=O)c1ccc(Br)c(S(=O)(=O)NC)c1. The second-order valence-corrected chi connectivity index (χ2v) is 7.60. The topological polar surface area (TPSA) is 92.3 Å². The molecule has 0 saturated carbocycles. The van der Waals surface area contributed by atoms with Crippen LogP contribution in [0.5, 0.6) is 0 Å². The Morgan fingerprint density at radius 3 is 2.00 bits per heavy atom. The summed E-state index contributed by atoms with van der Waals surface area (Å²) in [4.78, 5) is -0.242. The molecule has 0 aliphatic heterocycles. The third-order valence-electron chi connectivity index (χ3n) is 2.04. The van der Waals surface area contributed by atoms with Crippen LogP contribution in [-0.2, 0) is 20.0 Å². The Morgan fingerprint density at radius 1 is 1.00 bits per heavy atom. The van der Waals surface area contributed by atoms with E-state index in [0.717, 1.165) is 6.07 Å². The van der Waals surface area contributed by atoms with Crippen LogP contribution in [0.25, 0.3) is 0 Å². The number of hydrogen-bond acceptors (Lipinski definition) is 4. The second-order valence-electron chi connectivity index (χ2n) is 3.01. The van der Waals surface area contributed by atoms with Gasteiger partial charge in [0, 0.05) is 4.47 Å². The Hall–Kier alpha value is -0.480. The van der Waals surface area contributed by atoms with E-state index in [-0.39, 0.29) is 9.79 Å². The van der Waals surface area contributed by atoms with E-state index in [9.17, 15) is 16.8 Å². The first-order valence-electron chi connectivity index (χ1n) is 4.41. The summed E-state index contributed by atoms with van der Waals surface area (Å²) in [5.74, 6) is 0. The number of nitrogens with one attached hydrogen (secondary N) is 2. The summed E-state index contributed by atoms with van der Waals surface area (Å²) >= 11 is 3.06. The first-order chi connectivity index (χ1) is 7.74. The van der Waals surface area contributed by atoms with Gasteiger partial charge in [0.15, 0.2) is 0 Å². The Labute approximate surface area is 109 Å². The Morgan fingerprint density at radius 2 is 1.53 bits per heavy atom. The van der Waals surface area contributed by atoms with Crippen molar-refractivity contribution in [1.82, 2.24) is 9.44 Å². The summed E-state index contributed by atoms with van der Waals surface area (Å²) in [5, 5.41) is 0. The summed E-state index contributed by atoms with van der Waals surface area (Å²) in [6.07, 6.45) is 0. The molecule has 17 heavy (non-hydrogen) atoms. The third-order valence-corrected chi connectivity index (χ3v) is 5.86. The van der Waals surface area contributed by atoms with Gasteiger partial charge >= 0.3 is 0 Å². The number of benzene rings is 1. The van der Waals surface area contributed by atoms with E-state index in [0.29, 0.717) is 4.47 Å². The Balaban J connectivity index is 3.51. The molecule has 6 nitrogen and oxygen atoms in total. The molecule has 96 valence electrons. The molecule has 0 aliphatic carbocycles. The highest BCUT2D eigenvalue weighted by Crippen LogP contribution is 2.24. The smallest absolute Gasteiger partial charge is 0.214 e. The van der Waals surface area contributed by atoms with Crippen molar-refractivity contribution in [2.24, 2.45) is 0 Å². The quantitative estimate of drug-likeness (QED) is 0.821. The molecule has 0 heterocycles. The summed E-state index contributed by atoms with van der Waals surface area (Å²) in [7, 11) is -4.87. The van der Waals surface area contributed by atoms with Crippen LogP contribution in [0.15, 0.2) is 32.5 Å². The average Bonchev–Trinajstić information content (AvgIpc) is 2.29. The van der Waals surface area contributed by atoms with Gasteiger partial charge in [0.25, 0.3) is 0 Å². The van der Waals surface area contributed by atoms with E-state index in [1.54, 1.807) is 0 Å². The van der Waals surface area contributed by atoms with Crippen molar-refractivity contribution in [3.8, 4) is 0 Å². The van der Waals surface area contributed by atoms with Crippen LogP contribution >= 0.6 is 15.9 Å². The minimum Gasteiger partial charge on any atom is -0.214 e. The predicted molar refractivity (Wildman–Crippen MR) is 66.6 cm³/mol. The molecule has 0 aromatic heterocycles. The maximum Gasteiger partial charge on any atom is 0.241 e. The molecule has 1 aromatic carbocycles. The van der Waals surface area contributed by atoms with E-state index < -0.39 is 20.0 Å². The van der Waals surface area contributed by atoms with Crippen molar-refractivity contribution in [1.29, 1.82) is 0 Å². The highest BCUT2D eigenvalue weighted by atomic mass is 79.9. The van der Waals surface area contributed by atoms with Gasteiger partial charge in [-0.05, 0) is 48.2 Å². The normalized spacial score (nSPS) is 12.6. The first-order valence-corrected chi connectivity index (χ1v) is 8.17. The molecule has 1 aromatic rings. The van der Waals surface area contributed by atoms with Crippen molar-refractivity contribution in [2.75, 3.05) is 14.1 Å². The van der Waals surface area contributed by atoms with E-state index in [2.05, 4.69) is 25.4 Å². The van der Waals surface area contributed by atoms with Crippen LogP contribution in [0.4, 0.5) is 0 Å². The lowest BCUT2D eigenvalue weighted by Crippen LogP contribution is -2.22. The van der Waals surface area contributed by atoms with Crippen LogP contribution in [0.3, 0.4) is 0 Å². The van der Waals surface area contributed by atoms with Gasteiger partial charge in [-0.25, -0.2) is 26.3 Å². The molecule has 0 fully saturated rings. The molecular formula is C8H11BrN2O4S2. The minimum atomic E-state index is -3.71. The van der Waals surface area contributed by atoms with Gasteiger partial charge < -0.3 is 0 Å². The highest BCUT2D eigenvalue weighted by molar-refractivity contribution is 9.10. The summed E-state index contributed by atoms with van der Waals surface area (Å²) in [6, 6.07) is 3.76. The fourth-order valence-corrected chi connectivity index (χ4v) is 3.63. The molecule has 0 amide bonds. The van der Waals surface area contributed by atoms with Crippen molar-refractivity contribution >= 4 is 36.0 Å². The number of hydrogen-bond donors (Lipinski definition) is 2. The Bertz CT molecular complexity index is 625. The molecular weight excluding hydrogens is 332 g/mol. The molecule has 0 saturated heterocycles. The molecule has 1 rings (SSSR count). The maximum atomic E-state index is 11.6. The molecule has 2 N–H and O–H groups in total. The predicted octanol–water partition coefficient (Wildman–Crippen LogP) is 0.265. The van der Waals surface area contributed by atoms with Crippen molar-refractivity contribution in [3.63, 3.8) is 0 Å². The zero-order valence-electron chi connectivity index (χ0n) is 9.06. The van der Waals surface area contributed by atoms with Gasteiger partial charge in [0.05, 0.1) is 9.79 Å². The van der Waals surface area contributed by atoms with Crippen LogP contribution in [-0.4, -0.2) is 30.9 Å². The van der Waals surface area contributed by atoms with E-state index in [1.165, 1.54) is 26.2 Å². The fraction of sp³-hybridized carbons (Fsp3) is 0.250. The second kappa shape index (κ2) is 5.02. The van der Waals surface area contributed by atoms with E-state index >= 15 is 0 Å². The molecule has 9 heteroatoms. The summed E-state index contributed by atoms with van der Waals surface area (Å²) in [5.41, 5.74) is 0. The van der Waals surface area contributed by atoms with Gasteiger partial charge in [-0.15, -0.1) is 0 Å². The molecule has 0 radical (unpaired) electrons. The largest absolute Gasteiger partial charge is 0.241 e. The lowest BCUT2D eigenvalue weighted by molar-refractivity contribution is 0.585. The van der Waals surface area contributed by atoms with E-state index in [4.69, 9.17) is 0 Å². The maximum absolute atomic E-state index is 11.6. The molecule has 0 spiro atoms. The highest BCUT2D eigenvalue weighted by Gasteiger charge is 2.20. The van der Waals surface area contributed by atoms with Gasteiger partial charge in [-0.2, -0.15) is 0 Å². The number of sulfonamides is 2. The van der Waals surface area contributed by atoms with Crippen LogP contribution in [0, 0.1) is 0 Å². The molecule has 0 unspecified atom stereocenters. The van der Waals surface area contributed by atoms with Gasteiger partial charge in [-0.3, -0.25) is 0 Å². The average molecular weight is 343 g/mol. The first kappa shape index (κ1) is 14.6. The standard InChI is InChI=1S/C8H11BrN2O4S2/c1-10-16(12,13)6-3-4-7(9)8(5-6)17(14,15)11-2/h3-5,10-11H,1-2H3.